The van der Waals surface area contributed by atoms with Crippen LogP contribution >= 0.6 is 0 Å². The number of methoxy groups -OCH3 is 1. The van der Waals surface area contributed by atoms with E-state index in [0.717, 1.165) is 31.7 Å². The molecule has 6 nitrogen and oxygen atoms in total. The van der Waals surface area contributed by atoms with Gasteiger partial charge in [0.15, 0.2) is 6.61 Å². The third-order valence-electron chi connectivity index (χ3n) is 5.45. The van der Waals surface area contributed by atoms with Crippen LogP contribution in [0.2, 0.25) is 0 Å². The van der Waals surface area contributed by atoms with E-state index in [2.05, 4.69) is 22.2 Å². The lowest BCUT2D eigenvalue weighted by Crippen LogP contribution is -2.53. The van der Waals surface area contributed by atoms with Crippen molar-refractivity contribution in [1.29, 1.82) is 0 Å². The highest BCUT2D eigenvalue weighted by atomic mass is 16.5. The van der Waals surface area contributed by atoms with E-state index in [1.807, 2.05) is 24.3 Å². The van der Waals surface area contributed by atoms with Crippen molar-refractivity contribution < 1.29 is 14.3 Å². The summed E-state index contributed by atoms with van der Waals surface area (Å²) in [6.45, 7) is 4.52. The van der Waals surface area contributed by atoms with Crippen molar-refractivity contribution in [2.45, 2.75) is 37.8 Å². The maximum atomic E-state index is 12.2. The van der Waals surface area contributed by atoms with E-state index in [4.69, 9.17) is 9.47 Å². The minimum absolute atomic E-state index is 0.0453. The first-order valence-corrected chi connectivity index (χ1v) is 9.63. The van der Waals surface area contributed by atoms with Crippen molar-refractivity contribution in [1.82, 2.24) is 15.1 Å². The second kappa shape index (κ2) is 9.24. The number of benzene rings is 1. The van der Waals surface area contributed by atoms with E-state index in [1.54, 1.807) is 7.11 Å². The standard InChI is InChI=1S/C20H31N3O3/c1-22-12-9-17(10-13-22)23-11-3-4-16(14-23)21-20(24)15-26-19-7-5-18(25-2)6-8-19/h5-8,16-17H,3-4,9-15H2,1-2H3,(H,21,24)/t16-/m1/s1. The molecule has 0 bridgehead atoms. The van der Waals surface area contributed by atoms with Crippen molar-refractivity contribution in [2.75, 3.05) is 46.9 Å². The second-order valence-corrected chi connectivity index (χ2v) is 7.40. The Kier molecular flexibility index (Phi) is 6.74. The molecule has 1 amide bonds. The molecule has 26 heavy (non-hydrogen) atoms. The van der Waals surface area contributed by atoms with E-state index in [9.17, 15) is 4.79 Å². The molecular weight excluding hydrogens is 330 g/mol. The Morgan fingerprint density at radius 2 is 1.81 bits per heavy atom. The van der Waals surface area contributed by atoms with Crippen molar-refractivity contribution >= 4 is 5.91 Å². The molecule has 1 aromatic rings. The van der Waals surface area contributed by atoms with E-state index >= 15 is 0 Å². The lowest BCUT2D eigenvalue weighted by Gasteiger charge is -2.41. The van der Waals surface area contributed by atoms with Crippen LogP contribution in [0, 0.1) is 0 Å². The zero-order chi connectivity index (χ0) is 18.4. The first-order chi connectivity index (χ1) is 12.6. The van der Waals surface area contributed by atoms with Gasteiger partial charge in [0, 0.05) is 18.6 Å². The number of hydrogen-bond acceptors (Lipinski definition) is 5. The molecule has 1 aromatic carbocycles. The number of amides is 1. The highest BCUT2D eigenvalue weighted by Crippen LogP contribution is 2.21. The number of rotatable bonds is 6. The van der Waals surface area contributed by atoms with Crippen LogP contribution in [0.4, 0.5) is 0 Å². The summed E-state index contributed by atoms with van der Waals surface area (Å²) in [6, 6.07) is 8.18. The second-order valence-electron chi connectivity index (χ2n) is 7.40. The Bertz CT molecular complexity index is 570. The summed E-state index contributed by atoms with van der Waals surface area (Å²) in [6.07, 6.45) is 4.67. The van der Waals surface area contributed by atoms with Crippen LogP contribution in [0.3, 0.4) is 0 Å². The predicted molar refractivity (Wildman–Crippen MR) is 102 cm³/mol. The van der Waals surface area contributed by atoms with Gasteiger partial charge in [-0.05, 0) is 76.6 Å². The van der Waals surface area contributed by atoms with Gasteiger partial charge in [-0.25, -0.2) is 0 Å². The topological polar surface area (TPSA) is 54.0 Å². The molecule has 1 atom stereocenters. The molecule has 2 aliphatic rings. The highest BCUT2D eigenvalue weighted by Gasteiger charge is 2.28. The number of piperidine rings is 2. The molecule has 0 aliphatic carbocycles. The molecule has 2 aliphatic heterocycles. The maximum absolute atomic E-state index is 12.2. The third-order valence-corrected chi connectivity index (χ3v) is 5.45. The van der Waals surface area contributed by atoms with Crippen LogP contribution in [0.1, 0.15) is 25.7 Å². The number of carbonyl (C=O) groups excluding carboxylic acids is 1. The monoisotopic (exact) mass is 361 g/mol. The summed E-state index contributed by atoms with van der Waals surface area (Å²) in [5.41, 5.74) is 0. The fourth-order valence-corrected chi connectivity index (χ4v) is 3.91. The summed E-state index contributed by atoms with van der Waals surface area (Å²) < 4.78 is 10.7. The van der Waals surface area contributed by atoms with Gasteiger partial charge in [0.1, 0.15) is 11.5 Å². The molecule has 6 heteroatoms. The van der Waals surface area contributed by atoms with E-state index in [1.165, 1.54) is 25.9 Å². The molecule has 3 rings (SSSR count). The van der Waals surface area contributed by atoms with Crippen LogP contribution in [0.15, 0.2) is 24.3 Å². The molecular formula is C20H31N3O3. The first kappa shape index (κ1) is 19.0. The lowest BCUT2D eigenvalue weighted by atomic mass is 9.98. The minimum Gasteiger partial charge on any atom is -0.497 e. The largest absolute Gasteiger partial charge is 0.497 e. The van der Waals surface area contributed by atoms with Crippen molar-refractivity contribution in [3.8, 4) is 11.5 Å². The molecule has 0 aromatic heterocycles. The predicted octanol–water partition coefficient (Wildman–Crippen LogP) is 1.75. The summed E-state index contributed by atoms with van der Waals surface area (Å²) in [5.74, 6) is 1.41. The van der Waals surface area contributed by atoms with Gasteiger partial charge >= 0.3 is 0 Å². The van der Waals surface area contributed by atoms with Crippen LogP contribution in [0.25, 0.3) is 0 Å². The summed E-state index contributed by atoms with van der Waals surface area (Å²) in [7, 11) is 3.82. The van der Waals surface area contributed by atoms with Crippen molar-refractivity contribution in [3.63, 3.8) is 0 Å². The van der Waals surface area contributed by atoms with E-state index < -0.39 is 0 Å². The summed E-state index contributed by atoms with van der Waals surface area (Å²) >= 11 is 0. The normalized spacial score (nSPS) is 22.8. The highest BCUT2D eigenvalue weighted by molar-refractivity contribution is 5.77. The fourth-order valence-electron chi connectivity index (χ4n) is 3.91. The SMILES string of the molecule is COc1ccc(OCC(=O)N[C@@H]2CCCN(C3CCN(C)CC3)C2)cc1. The lowest BCUT2D eigenvalue weighted by molar-refractivity contribution is -0.124. The molecule has 2 heterocycles. The van der Waals surface area contributed by atoms with Crippen molar-refractivity contribution in [3.05, 3.63) is 24.3 Å². The first-order valence-electron chi connectivity index (χ1n) is 9.63. The Balaban J connectivity index is 1.41. The molecule has 144 valence electrons. The molecule has 0 radical (unpaired) electrons. The number of ether oxygens (including phenoxy) is 2. The van der Waals surface area contributed by atoms with Gasteiger partial charge in [-0.2, -0.15) is 0 Å². The quantitative estimate of drug-likeness (QED) is 0.837. The van der Waals surface area contributed by atoms with Crippen LogP contribution < -0.4 is 14.8 Å². The number of nitrogens with zero attached hydrogens (tertiary/aromatic N) is 2. The smallest absolute Gasteiger partial charge is 0.258 e. The Labute approximate surface area is 156 Å². The minimum atomic E-state index is -0.0453. The van der Waals surface area contributed by atoms with Gasteiger partial charge in [-0.15, -0.1) is 0 Å². The molecule has 2 saturated heterocycles. The molecule has 0 unspecified atom stereocenters. The maximum Gasteiger partial charge on any atom is 0.258 e. The van der Waals surface area contributed by atoms with Crippen LogP contribution in [0.5, 0.6) is 11.5 Å². The summed E-state index contributed by atoms with van der Waals surface area (Å²) in [5, 5.41) is 3.15. The number of hydrogen-bond donors (Lipinski definition) is 1. The summed E-state index contributed by atoms with van der Waals surface area (Å²) in [4.78, 5) is 17.2. The number of carbonyl (C=O) groups is 1. The van der Waals surface area contributed by atoms with Gasteiger partial charge in [-0.1, -0.05) is 0 Å². The van der Waals surface area contributed by atoms with Gasteiger partial charge < -0.3 is 19.7 Å². The zero-order valence-electron chi connectivity index (χ0n) is 15.9. The molecule has 0 saturated carbocycles. The fraction of sp³-hybridized carbons (Fsp3) is 0.650. The van der Waals surface area contributed by atoms with Crippen LogP contribution in [-0.2, 0) is 4.79 Å². The average molecular weight is 361 g/mol. The third kappa shape index (κ3) is 5.35. The van der Waals surface area contributed by atoms with Crippen LogP contribution in [-0.4, -0.2) is 74.7 Å². The van der Waals surface area contributed by atoms with E-state index in [0.29, 0.717) is 11.8 Å². The van der Waals surface area contributed by atoms with Gasteiger partial charge in [0.05, 0.1) is 7.11 Å². The van der Waals surface area contributed by atoms with Gasteiger partial charge in [0.2, 0.25) is 0 Å². The zero-order valence-corrected chi connectivity index (χ0v) is 15.9. The Morgan fingerprint density at radius 3 is 2.50 bits per heavy atom. The van der Waals surface area contributed by atoms with Gasteiger partial charge in [-0.3, -0.25) is 9.69 Å². The molecule has 0 spiro atoms. The number of nitrogens with one attached hydrogen (secondary N) is 1. The van der Waals surface area contributed by atoms with Gasteiger partial charge in [0.25, 0.3) is 5.91 Å². The Hall–Kier alpha value is -1.79. The Morgan fingerprint density at radius 1 is 1.12 bits per heavy atom. The molecule has 1 N–H and O–H groups in total. The van der Waals surface area contributed by atoms with E-state index in [-0.39, 0.29) is 18.6 Å². The molecule has 2 fully saturated rings. The number of likely N-dealkylation sites (tertiary alicyclic amines) is 2. The van der Waals surface area contributed by atoms with Crippen molar-refractivity contribution in [2.24, 2.45) is 0 Å². The average Bonchev–Trinajstić information content (AvgIpc) is 2.67.